The van der Waals surface area contributed by atoms with Crippen molar-refractivity contribution in [3.8, 4) is 0 Å². The molecule has 1 unspecified atom stereocenters. The number of halogens is 1. The van der Waals surface area contributed by atoms with Gasteiger partial charge in [-0.15, -0.1) is 11.6 Å². The average molecular weight is 266 g/mol. The normalized spacial score (nSPS) is 14.1. The van der Waals surface area contributed by atoms with Crippen LogP contribution in [0, 0.1) is 5.41 Å². The van der Waals surface area contributed by atoms with E-state index in [4.69, 9.17) is 11.6 Å². The molecule has 0 aromatic carbocycles. The first-order chi connectivity index (χ1) is 8.44. The predicted molar refractivity (Wildman–Crippen MR) is 75.9 cm³/mol. The zero-order valence-corrected chi connectivity index (χ0v) is 12.2. The van der Waals surface area contributed by atoms with Gasteiger partial charge in [0.05, 0.1) is 17.1 Å². The van der Waals surface area contributed by atoms with Crippen molar-refractivity contribution >= 4 is 22.6 Å². The van der Waals surface area contributed by atoms with Crippen molar-refractivity contribution in [2.45, 2.75) is 46.0 Å². The molecule has 0 saturated carbocycles. The maximum Gasteiger partial charge on any atom is 0.127 e. The lowest BCUT2D eigenvalue weighted by Crippen LogP contribution is -2.20. The maximum absolute atomic E-state index is 6.25. The molecule has 0 radical (unpaired) electrons. The Morgan fingerprint density at radius 1 is 1.44 bits per heavy atom. The molecule has 0 fully saturated rings. The first kappa shape index (κ1) is 13.3. The molecule has 2 aromatic heterocycles. The van der Waals surface area contributed by atoms with Gasteiger partial charge in [0.25, 0.3) is 0 Å². The van der Waals surface area contributed by atoms with Gasteiger partial charge in [-0.1, -0.05) is 20.8 Å². The number of fused-ring (bicyclic) bond motifs is 1. The lowest BCUT2D eigenvalue weighted by Gasteiger charge is -2.25. The molecule has 2 aromatic rings. The number of hydrogen-bond acceptors (Lipinski definition) is 2. The highest BCUT2D eigenvalue weighted by Crippen LogP contribution is 2.29. The Hall–Kier alpha value is -1.09. The predicted octanol–water partition coefficient (Wildman–Crippen LogP) is 4.17. The van der Waals surface area contributed by atoms with Crippen LogP contribution in [-0.4, -0.2) is 14.5 Å². The minimum atomic E-state index is -0.0925. The molecule has 1 atom stereocenters. The Morgan fingerprint density at radius 2 is 2.17 bits per heavy atom. The van der Waals surface area contributed by atoms with Crippen molar-refractivity contribution in [1.29, 1.82) is 0 Å². The minimum absolute atomic E-state index is 0.0925. The van der Waals surface area contributed by atoms with Gasteiger partial charge in [-0.25, -0.2) is 4.98 Å². The highest BCUT2D eigenvalue weighted by molar-refractivity contribution is 6.20. The number of alkyl halides is 1. The quantitative estimate of drug-likeness (QED) is 0.777. The van der Waals surface area contributed by atoms with Crippen LogP contribution in [0.15, 0.2) is 18.5 Å². The van der Waals surface area contributed by atoms with Crippen LogP contribution in [0.25, 0.3) is 11.0 Å². The molecule has 4 heteroatoms. The molecule has 0 N–H and O–H groups in total. The second kappa shape index (κ2) is 4.88. The van der Waals surface area contributed by atoms with E-state index in [1.807, 2.05) is 19.2 Å². The minimum Gasteiger partial charge on any atom is -0.326 e. The molecule has 0 amide bonds. The first-order valence-electron chi connectivity index (χ1n) is 6.39. The molecular formula is C14H20ClN3. The van der Waals surface area contributed by atoms with Gasteiger partial charge in [-0.2, -0.15) is 0 Å². The number of nitrogens with zero attached hydrogens (tertiary/aromatic N) is 3. The van der Waals surface area contributed by atoms with Crippen LogP contribution in [0.2, 0.25) is 0 Å². The molecule has 18 heavy (non-hydrogen) atoms. The van der Waals surface area contributed by atoms with Crippen molar-refractivity contribution in [3.63, 3.8) is 0 Å². The summed E-state index contributed by atoms with van der Waals surface area (Å²) < 4.78 is 2.23. The summed E-state index contributed by atoms with van der Waals surface area (Å²) in [6.07, 6.45) is 4.73. The van der Waals surface area contributed by atoms with E-state index < -0.39 is 0 Å². The Labute approximate surface area is 113 Å². The van der Waals surface area contributed by atoms with Crippen LogP contribution in [0.3, 0.4) is 0 Å². The smallest absolute Gasteiger partial charge is 0.127 e. The summed E-state index contributed by atoms with van der Waals surface area (Å²) in [5, 5.41) is -0.0925. The van der Waals surface area contributed by atoms with Gasteiger partial charge in [0.2, 0.25) is 0 Å². The van der Waals surface area contributed by atoms with Crippen LogP contribution >= 0.6 is 11.6 Å². The molecule has 0 spiro atoms. The molecule has 0 aliphatic rings. The standard InChI is InChI=1S/C14H20ClN3/c1-5-14(3,4)9-18-12-6-7-16-8-11(12)17-13(18)10(2)15/h6-8,10H,5,9H2,1-4H3. The van der Waals surface area contributed by atoms with Crippen LogP contribution in [0.4, 0.5) is 0 Å². The van der Waals surface area contributed by atoms with E-state index in [0.717, 1.165) is 29.8 Å². The number of pyridine rings is 1. The van der Waals surface area contributed by atoms with E-state index in [2.05, 4.69) is 35.3 Å². The zero-order chi connectivity index (χ0) is 13.3. The Morgan fingerprint density at radius 3 is 2.78 bits per heavy atom. The van der Waals surface area contributed by atoms with E-state index in [0.29, 0.717) is 0 Å². The highest BCUT2D eigenvalue weighted by atomic mass is 35.5. The third-order valence-electron chi connectivity index (χ3n) is 3.48. The SMILES string of the molecule is CCC(C)(C)Cn1c(C(C)Cl)nc2cnccc21. The van der Waals surface area contributed by atoms with Gasteiger partial charge in [0.1, 0.15) is 11.3 Å². The molecule has 0 aliphatic carbocycles. The monoisotopic (exact) mass is 265 g/mol. The molecule has 2 heterocycles. The Bertz CT molecular complexity index is 543. The van der Waals surface area contributed by atoms with Gasteiger partial charge in [-0.05, 0) is 24.8 Å². The number of hydrogen-bond donors (Lipinski definition) is 0. The molecule has 2 rings (SSSR count). The van der Waals surface area contributed by atoms with Crippen molar-refractivity contribution < 1.29 is 0 Å². The summed E-state index contributed by atoms with van der Waals surface area (Å²) in [6.45, 7) is 9.64. The lowest BCUT2D eigenvalue weighted by atomic mass is 9.90. The molecule has 98 valence electrons. The summed E-state index contributed by atoms with van der Waals surface area (Å²) >= 11 is 6.25. The van der Waals surface area contributed by atoms with E-state index in [1.165, 1.54) is 0 Å². The third-order valence-corrected chi connectivity index (χ3v) is 3.67. The summed E-state index contributed by atoms with van der Waals surface area (Å²) in [7, 11) is 0. The number of rotatable bonds is 4. The number of imidazole rings is 1. The second-order valence-corrected chi connectivity index (χ2v) is 6.21. The molecular weight excluding hydrogens is 246 g/mol. The Balaban J connectivity index is 2.55. The van der Waals surface area contributed by atoms with Crippen LogP contribution < -0.4 is 0 Å². The van der Waals surface area contributed by atoms with Crippen LogP contribution in [0.5, 0.6) is 0 Å². The van der Waals surface area contributed by atoms with E-state index in [1.54, 1.807) is 6.20 Å². The van der Waals surface area contributed by atoms with Crippen molar-refractivity contribution in [1.82, 2.24) is 14.5 Å². The van der Waals surface area contributed by atoms with Gasteiger partial charge in [0.15, 0.2) is 0 Å². The van der Waals surface area contributed by atoms with Crippen molar-refractivity contribution in [2.75, 3.05) is 0 Å². The summed E-state index contributed by atoms with van der Waals surface area (Å²) in [5.74, 6) is 0.932. The molecule has 0 bridgehead atoms. The van der Waals surface area contributed by atoms with Crippen LogP contribution in [-0.2, 0) is 6.54 Å². The third kappa shape index (κ3) is 2.51. The van der Waals surface area contributed by atoms with Crippen molar-refractivity contribution in [3.05, 3.63) is 24.3 Å². The lowest BCUT2D eigenvalue weighted by molar-refractivity contribution is 0.294. The topological polar surface area (TPSA) is 30.7 Å². The number of aromatic nitrogens is 3. The fourth-order valence-corrected chi connectivity index (χ4v) is 2.18. The summed E-state index contributed by atoms with van der Waals surface area (Å²) in [6, 6.07) is 2.01. The average Bonchev–Trinajstić information content (AvgIpc) is 2.68. The molecule has 0 aliphatic heterocycles. The zero-order valence-electron chi connectivity index (χ0n) is 11.4. The molecule has 3 nitrogen and oxygen atoms in total. The van der Waals surface area contributed by atoms with Crippen LogP contribution in [0.1, 0.15) is 45.3 Å². The summed E-state index contributed by atoms with van der Waals surface area (Å²) in [5.41, 5.74) is 2.28. The van der Waals surface area contributed by atoms with E-state index in [-0.39, 0.29) is 10.8 Å². The fraction of sp³-hybridized carbons (Fsp3) is 0.571. The maximum atomic E-state index is 6.25. The highest BCUT2D eigenvalue weighted by Gasteiger charge is 2.21. The first-order valence-corrected chi connectivity index (χ1v) is 6.82. The summed E-state index contributed by atoms with van der Waals surface area (Å²) in [4.78, 5) is 8.72. The van der Waals surface area contributed by atoms with E-state index >= 15 is 0 Å². The van der Waals surface area contributed by atoms with Gasteiger partial charge in [0, 0.05) is 12.7 Å². The van der Waals surface area contributed by atoms with Gasteiger partial charge in [-0.3, -0.25) is 4.98 Å². The Kier molecular flexibility index (Phi) is 3.62. The fourth-order valence-electron chi connectivity index (χ4n) is 2.01. The largest absolute Gasteiger partial charge is 0.326 e. The second-order valence-electron chi connectivity index (χ2n) is 5.55. The van der Waals surface area contributed by atoms with Gasteiger partial charge < -0.3 is 4.57 Å². The molecule has 0 saturated heterocycles. The van der Waals surface area contributed by atoms with Gasteiger partial charge >= 0.3 is 0 Å². The van der Waals surface area contributed by atoms with E-state index in [9.17, 15) is 0 Å². The van der Waals surface area contributed by atoms with Crippen molar-refractivity contribution in [2.24, 2.45) is 5.41 Å².